The normalized spacial score (nSPS) is 10.4. The van der Waals surface area contributed by atoms with Crippen molar-refractivity contribution in [3.05, 3.63) is 54.2 Å². The van der Waals surface area contributed by atoms with Gasteiger partial charge in [-0.15, -0.1) is 0 Å². The molecule has 7 nitrogen and oxygen atoms in total. The van der Waals surface area contributed by atoms with Gasteiger partial charge in [0, 0.05) is 11.6 Å². The highest BCUT2D eigenvalue weighted by Gasteiger charge is 2.14. The number of hydrogen-bond donors (Lipinski definition) is 3. The maximum atomic E-state index is 10.9. The number of nitrogens with one attached hydrogen (secondary N) is 1. The summed E-state index contributed by atoms with van der Waals surface area (Å²) in [5.74, 6) is 0.398. The highest BCUT2D eigenvalue weighted by Crippen LogP contribution is 2.37. The topological polar surface area (TPSA) is 105 Å². The van der Waals surface area contributed by atoms with Crippen molar-refractivity contribution in [2.45, 2.75) is 0 Å². The second-order valence-electron chi connectivity index (χ2n) is 4.92. The second-order valence-corrected chi connectivity index (χ2v) is 4.92. The van der Waals surface area contributed by atoms with E-state index in [1.54, 1.807) is 24.3 Å². The van der Waals surface area contributed by atoms with E-state index in [0.29, 0.717) is 28.5 Å². The summed E-state index contributed by atoms with van der Waals surface area (Å²) < 4.78 is 10.8. The molecule has 0 saturated carbocycles. The number of aromatic hydroxyl groups is 1. The Morgan fingerprint density at radius 3 is 2.46 bits per heavy atom. The third-order valence-corrected chi connectivity index (χ3v) is 3.41. The number of aromatic carboxylic acids is 1. The van der Waals surface area contributed by atoms with E-state index >= 15 is 0 Å². The Labute approximate surface area is 137 Å². The average molecular weight is 326 g/mol. The van der Waals surface area contributed by atoms with Gasteiger partial charge in [-0.05, 0) is 36.4 Å². The van der Waals surface area contributed by atoms with Gasteiger partial charge < -0.3 is 19.7 Å². The van der Waals surface area contributed by atoms with E-state index in [1.807, 2.05) is 0 Å². The van der Waals surface area contributed by atoms with Crippen molar-refractivity contribution < 1.29 is 24.5 Å². The molecule has 24 heavy (non-hydrogen) atoms. The number of nitrogens with zero attached hydrogens (tertiary/aromatic N) is 1. The number of phenols is 1. The average Bonchev–Trinajstić information content (AvgIpc) is 3.03. The first kappa shape index (κ1) is 15.4. The lowest BCUT2D eigenvalue weighted by molar-refractivity contribution is 0.0697. The fourth-order valence-corrected chi connectivity index (χ4v) is 2.19. The molecule has 1 heterocycles. The molecule has 0 spiro atoms. The van der Waals surface area contributed by atoms with E-state index in [0.717, 1.165) is 0 Å². The Kier molecular flexibility index (Phi) is 4.07. The molecule has 0 saturated heterocycles. The Hall–Kier alpha value is -3.48. The highest BCUT2D eigenvalue weighted by molar-refractivity contribution is 5.87. The van der Waals surface area contributed by atoms with Gasteiger partial charge in [-0.25, -0.2) is 4.79 Å². The van der Waals surface area contributed by atoms with Crippen molar-refractivity contribution in [1.82, 2.24) is 10.2 Å². The number of H-pyrrole nitrogens is 1. The Morgan fingerprint density at radius 1 is 1.12 bits per heavy atom. The summed E-state index contributed by atoms with van der Waals surface area (Å²) in [7, 11) is 1.51. The van der Waals surface area contributed by atoms with Crippen LogP contribution in [-0.4, -0.2) is 33.5 Å². The molecule has 3 N–H and O–H groups in total. The van der Waals surface area contributed by atoms with Crippen LogP contribution in [0.4, 0.5) is 0 Å². The lowest BCUT2D eigenvalue weighted by Crippen LogP contribution is -1.95. The first-order chi connectivity index (χ1) is 11.6. The number of carboxylic acid groups (broad SMARTS) is 1. The summed E-state index contributed by atoms with van der Waals surface area (Å²) in [6, 6.07) is 10.9. The zero-order valence-corrected chi connectivity index (χ0v) is 12.7. The van der Waals surface area contributed by atoms with Gasteiger partial charge in [0.25, 0.3) is 0 Å². The molecule has 1 aromatic heterocycles. The molecule has 2 aromatic carbocycles. The van der Waals surface area contributed by atoms with E-state index in [1.165, 1.54) is 31.5 Å². The molecular weight excluding hydrogens is 312 g/mol. The van der Waals surface area contributed by atoms with E-state index in [4.69, 9.17) is 14.6 Å². The third kappa shape index (κ3) is 3.00. The van der Waals surface area contributed by atoms with Crippen LogP contribution in [-0.2, 0) is 0 Å². The van der Waals surface area contributed by atoms with Gasteiger partial charge in [0.2, 0.25) is 0 Å². The predicted octanol–water partition coefficient (Wildman–Crippen LogP) is 3.28. The molecule has 7 heteroatoms. The monoisotopic (exact) mass is 326 g/mol. The van der Waals surface area contributed by atoms with Gasteiger partial charge in [0.15, 0.2) is 5.75 Å². The maximum Gasteiger partial charge on any atom is 0.335 e. The van der Waals surface area contributed by atoms with Crippen LogP contribution < -0.4 is 9.47 Å². The van der Waals surface area contributed by atoms with Gasteiger partial charge in [-0.2, -0.15) is 5.10 Å². The van der Waals surface area contributed by atoms with Crippen molar-refractivity contribution in [2.24, 2.45) is 0 Å². The zero-order chi connectivity index (χ0) is 17.1. The molecule has 0 unspecified atom stereocenters. The predicted molar refractivity (Wildman–Crippen MR) is 85.7 cm³/mol. The molecule has 0 radical (unpaired) electrons. The molecule has 0 aliphatic rings. The molecule has 122 valence electrons. The van der Waals surface area contributed by atoms with Crippen LogP contribution in [0.15, 0.2) is 48.7 Å². The molecule has 0 amide bonds. The van der Waals surface area contributed by atoms with Crippen molar-refractivity contribution >= 4 is 5.97 Å². The molecule has 3 aromatic rings. The first-order valence-corrected chi connectivity index (χ1v) is 7.00. The van der Waals surface area contributed by atoms with Crippen LogP contribution in [0.5, 0.6) is 23.0 Å². The van der Waals surface area contributed by atoms with Crippen LogP contribution in [0.3, 0.4) is 0 Å². The number of aromatic amines is 1. The molecule has 0 aliphatic carbocycles. The van der Waals surface area contributed by atoms with Crippen LogP contribution in [0, 0.1) is 0 Å². The molecule has 0 aliphatic heterocycles. The summed E-state index contributed by atoms with van der Waals surface area (Å²) in [6.45, 7) is 0. The zero-order valence-electron chi connectivity index (χ0n) is 12.7. The number of phenolic OH excluding ortho intramolecular Hbond substituents is 1. The number of hydrogen-bond acceptors (Lipinski definition) is 5. The van der Waals surface area contributed by atoms with Gasteiger partial charge in [0.1, 0.15) is 22.9 Å². The molecular formula is C17H14N2O5. The Morgan fingerprint density at radius 2 is 1.83 bits per heavy atom. The van der Waals surface area contributed by atoms with Gasteiger partial charge >= 0.3 is 5.97 Å². The third-order valence-electron chi connectivity index (χ3n) is 3.41. The quantitative estimate of drug-likeness (QED) is 0.664. The standard InChI is InChI=1S/C17H14N2O5/c1-23-12-6-7-13(14(20)8-12)16-15(9-18-19-16)24-11-4-2-10(3-5-11)17(21)22/h2-9,20H,1H3,(H,18,19)(H,21,22). The van der Waals surface area contributed by atoms with Crippen molar-refractivity contribution in [2.75, 3.05) is 7.11 Å². The molecule has 0 atom stereocenters. The highest BCUT2D eigenvalue weighted by atomic mass is 16.5. The SMILES string of the molecule is COc1ccc(-c2[nH]ncc2Oc2ccc(C(=O)O)cc2)c(O)c1. The summed E-state index contributed by atoms with van der Waals surface area (Å²) in [5, 5.41) is 25.8. The van der Waals surface area contributed by atoms with E-state index in [2.05, 4.69) is 10.2 Å². The van der Waals surface area contributed by atoms with Crippen LogP contribution in [0.25, 0.3) is 11.3 Å². The summed E-state index contributed by atoms with van der Waals surface area (Å²) in [4.78, 5) is 10.9. The van der Waals surface area contributed by atoms with Gasteiger partial charge in [-0.1, -0.05) is 0 Å². The number of benzene rings is 2. The number of methoxy groups -OCH3 is 1. The largest absolute Gasteiger partial charge is 0.507 e. The number of carboxylic acids is 1. The van der Waals surface area contributed by atoms with Crippen LogP contribution in [0.2, 0.25) is 0 Å². The van der Waals surface area contributed by atoms with Crippen molar-refractivity contribution in [3.8, 4) is 34.3 Å². The molecule has 0 fully saturated rings. The number of rotatable bonds is 5. The summed E-state index contributed by atoms with van der Waals surface area (Å²) in [6.07, 6.45) is 1.48. The fraction of sp³-hybridized carbons (Fsp3) is 0.0588. The lowest BCUT2D eigenvalue weighted by atomic mass is 10.1. The van der Waals surface area contributed by atoms with Gasteiger partial charge in [-0.3, -0.25) is 5.10 Å². The summed E-state index contributed by atoms with van der Waals surface area (Å²) >= 11 is 0. The first-order valence-electron chi connectivity index (χ1n) is 7.00. The van der Waals surface area contributed by atoms with Crippen LogP contribution >= 0.6 is 0 Å². The molecule has 0 bridgehead atoms. The maximum absolute atomic E-state index is 10.9. The van der Waals surface area contributed by atoms with Crippen LogP contribution in [0.1, 0.15) is 10.4 Å². The van der Waals surface area contributed by atoms with Gasteiger partial charge in [0.05, 0.1) is 18.9 Å². The van der Waals surface area contributed by atoms with E-state index in [-0.39, 0.29) is 11.3 Å². The minimum atomic E-state index is -1.01. The number of aromatic nitrogens is 2. The van der Waals surface area contributed by atoms with E-state index in [9.17, 15) is 9.90 Å². The molecule has 3 rings (SSSR count). The second kappa shape index (κ2) is 6.33. The number of carbonyl (C=O) groups is 1. The fourth-order valence-electron chi connectivity index (χ4n) is 2.19. The summed E-state index contributed by atoms with van der Waals surface area (Å²) in [5.41, 5.74) is 1.17. The lowest BCUT2D eigenvalue weighted by Gasteiger charge is -2.09. The van der Waals surface area contributed by atoms with Crippen molar-refractivity contribution in [3.63, 3.8) is 0 Å². The van der Waals surface area contributed by atoms with Crippen molar-refractivity contribution in [1.29, 1.82) is 0 Å². The number of ether oxygens (including phenoxy) is 2. The minimum absolute atomic E-state index is 0.0182. The Bertz CT molecular complexity index is 871. The smallest absolute Gasteiger partial charge is 0.335 e. The minimum Gasteiger partial charge on any atom is -0.507 e. The Balaban J connectivity index is 1.89. The van der Waals surface area contributed by atoms with E-state index < -0.39 is 5.97 Å².